The highest BCUT2D eigenvalue weighted by molar-refractivity contribution is 7.80. The van der Waals surface area contributed by atoms with Crippen LogP contribution in [0.25, 0.3) is 0 Å². The summed E-state index contributed by atoms with van der Waals surface area (Å²) in [5, 5.41) is 22.2. The number of hydrogen-bond acceptors (Lipinski definition) is 4. The van der Waals surface area contributed by atoms with E-state index in [0.717, 1.165) is 5.56 Å². The Hall–Kier alpha value is -2.26. The van der Waals surface area contributed by atoms with Crippen LogP contribution in [-0.4, -0.2) is 50.4 Å². The molecule has 2 aliphatic rings. The molecule has 2 aromatic rings. The second-order valence-electron chi connectivity index (χ2n) is 7.67. The summed E-state index contributed by atoms with van der Waals surface area (Å²) >= 11 is 11.8. The summed E-state index contributed by atoms with van der Waals surface area (Å²) in [5.74, 6) is -1.65. The lowest BCUT2D eigenvalue weighted by atomic mass is 9.76. The molecule has 9 heteroatoms. The number of benzene rings is 2. The number of anilines is 1. The van der Waals surface area contributed by atoms with E-state index in [-0.39, 0.29) is 18.8 Å². The summed E-state index contributed by atoms with van der Waals surface area (Å²) in [6, 6.07) is 11.7. The minimum Gasteiger partial charge on any atom is -0.390 e. The van der Waals surface area contributed by atoms with Crippen molar-refractivity contribution in [3.63, 3.8) is 0 Å². The highest BCUT2D eigenvalue weighted by Gasteiger charge is 2.56. The molecule has 0 bridgehead atoms. The number of halogens is 2. The van der Waals surface area contributed by atoms with E-state index in [1.807, 2.05) is 0 Å². The Kier molecular flexibility index (Phi) is 5.67. The van der Waals surface area contributed by atoms with Gasteiger partial charge in [0, 0.05) is 17.3 Å². The number of fused-ring (bicyclic) bond motifs is 1. The van der Waals surface area contributed by atoms with E-state index in [1.54, 1.807) is 46.2 Å². The van der Waals surface area contributed by atoms with Crippen LogP contribution in [0.4, 0.5) is 10.1 Å². The predicted molar refractivity (Wildman–Crippen MR) is 115 cm³/mol. The molecule has 4 rings (SSSR count). The summed E-state index contributed by atoms with van der Waals surface area (Å²) in [4.78, 5) is 15.8. The van der Waals surface area contributed by atoms with Gasteiger partial charge in [0.2, 0.25) is 5.91 Å². The molecular weight excluding hydrogens is 429 g/mol. The Bertz CT molecular complexity index is 959. The normalized spacial score (nSPS) is 28.5. The van der Waals surface area contributed by atoms with Gasteiger partial charge in [-0.25, -0.2) is 4.39 Å². The van der Waals surface area contributed by atoms with Gasteiger partial charge in [-0.05, 0) is 60.6 Å². The van der Waals surface area contributed by atoms with E-state index >= 15 is 0 Å². The fourth-order valence-corrected chi connectivity index (χ4v) is 4.97. The third kappa shape index (κ3) is 3.65. The van der Waals surface area contributed by atoms with Crippen LogP contribution in [0, 0.1) is 11.7 Å². The third-order valence-corrected chi connectivity index (χ3v) is 6.53. The number of primary amides is 1. The van der Waals surface area contributed by atoms with Crippen LogP contribution < -0.4 is 10.6 Å². The summed E-state index contributed by atoms with van der Waals surface area (Å²) in [7, 11) is 0. The van der Waals surface area contributed by atoms with E-state index < -0.39 is 36.1 Å². The lowest BCUT2D eigenvalue weighted by molar-refractivity contribution is -0.129. The lowest BCUT2D eigenvalue weighted by Gasteiger charge is -2.42. The topological polar surface area (TPSA) is 90.0 Å². The van der Waals surface area contributed by atoms with Gasteiger partial charge >= 0.3 is 0 Å². The van der Waals surface area contributed by atoms with Crippen LogP contribution in [0.1, 0.15) is 12.0 Å². The molecule has 5 atom stereocenters. The molecule has 2 aromatic carbocycles. The molecule has 0 spiro atoms. The Morgan fingerprint density at radius 2 is 1.77 bits per heavy atom. The minimum atomic E-state index is -1.14. The van der Waals surface area contributed by atoms with E-state index in [4.69, 9.17) is 29.6 Å². The van der Waals surface area contributed by atoms with Gasteiger partial charge in [-0.15, -0.1) is 0 Å². The molecule has 158 valence electrons. The van der Waals surface area contributed by atoms with Gasteiger partial charge < -0.3 is 25.7 Å². The fraction of sp³-hybridized carbons (Fsp3) is 0.333. The third-order valence-electron chi connectivity index (χ3n) is 5.85. The number of rotatable bonds is 4. The van der Waals surface area contributed by atoms with Crippen molar-refractivity contribution < 1.29 is 19.4 Å². The Labute approximate surface area is 183 Å². The molecule has 1 saturated carbocycles. The Morgan fingerprint density at radius 3 is 2.37 bits per heavy atom. The van der Waals surface area contributed by atoms with Gasteiger partial charge in [0.25, 0.3) is 0 Å². The van der Waals surface area contributed by atoms with E-state index in [0.29, 0.717) is 15.8 Å². The molecule has 0 radical (unpaired) electrons. The van der Waals surface area contributed by atoms with Gasteiger partial charge in [-0.3, -0.25) is 4.79 Å². The van der Waals surface area contributed by atoms with Crippen LogP contribution in [0.5, 0.6) is 0 Å². The minimum absolute atomic E-state index is 0.0365. The molecule has 0 aromatic heterocycles. The van der Waals surface area contributed by atoms with Crippen molar-refractivity contribution in [2.24, 2.45) is 11.7 Å². The van der Waals surface area contributed by atoms with Crippen LogP contribution in [0.3, 0.4) is 0 Å². The smallest absolute Gasteiger partial charge is 0.222 e. The fourth-order valence-electron chi connectivity index (χ4n) is 4.43. The molecule has 1 amide bonds. The number of carbonyl (C=O) groups is 1. The van der Waals surface area contributed by atoms with Gasteiger partial charge in [-0.1, -0.05) is 23.7 Å². The van der Waals surface area contributed by atoms with Crippen molar-refractivity contribution in [2.75, 3.05) is 4.90 Å². The van der Waals surface area contributed by atoms with Crippen molar-refractivity contribution in [1.29, 1.82) is 0 Å². The highest BCUT2D eigenvalue weighted by Crippen LogP contribution is 2.41. The standard InChI is InChI=1S/C21H21ClFN3O3S/c22-12-3-7-14(8-4-12)26-17-15(20(24)29)9-16(27)19(28)18(17)25(21(26)30)10-11-1-5-13(23)6-2-11/h1-8,15-19,27-28H,9-10H2,(H2,24,29)/t15-,16-,17-,18-,19+/m1/s1. The summed E-state index contributed by atoms with van der Waals surface area (Å²) in [6.07, 6.45) is -2.22. The molecule has 1 aliphatic carbocycles. The Morgan fingerprint density at radius 1 is 1.13 bits per heavy atom. The lowest BCUT2D eigenvalue weighted by Crippen LogP contribution is -2.60. The van der Waals surface area contributed by atoms with Crippen LogP contribution in [-0.2, 0) is 11.3 Å². The quantitative estimate of drug-likeness (QED) is 0.619. The number of carbonyl (C=O) groups excluding carboxylic acids is 1. The van der Waals surface area contributed by atoms with Crippen molar-refractivity contribution in [3.05, 3.63) is 64.9 Å². The largest absolute Gasteiger partial charge is 0.390 e. The zero-order valence-electron chi connectivity index (χ0n) is 15.9. The molecule has 1 aliphatic heterocycles. The number of hydrogen-bond donors (Lipinski definition) is 3. The van der Waals surface area contributed by atoms with Crippen molar-refractivity contribution in [1.82, 2.24) is 4.90 Å². The number of amides is 1. The van der Waals surface area contributed by atoms with E-state index in [1.165, 1.54) is 12.1 Å². The predicted octanol–water partition coefficient (Wildman–Crippen LogP) is 2.05. The van der Waals surface area contributed by atoms with Gasteiger partial charge in [0.15, 0.2) is 5.11 Å². The summed E-state index contributed by atoms with van der Waals surface area (Å²) < 4.78 is 13.3. The van der Waals surface area contributed by atoms with Crippen molar-refractivity contribution in [2.45, 2.75) is 37.3 Å². The van der Waals surface area contributed by atoms with E-state index in [9.17, 15) is 19.4 Å². The average Bonchev–Trinajstić information content (AvgIpc) is 2.99. The molecule has 6 nitrogen and oxygen atoms in total. The molecular formula is C21H21ClFN3O3S. The van der Waals surface area contributed by atoms with Crippen LogP contribution >= 0.6 is 23.8 Å². The number of thiocarbonyl (C=S) groups is 1. The summed E-state index contributed by atoms with van der Waals surface area (Å²) in [5.41, 5.74) is 7.15. The second-order valence-corrected chi connectivity index (χ2v) is 8.47. The van der Waals surface area contributed by atoms with Gasteiger partial charge in [0.1, 0.15) is 11.9 Å². The maximum Gasteiger partial charge on any atom is 0.222 e. The molecule has 4 N–H and O–H groups in total. The first-order valence-electron chi connectivity index (χ1n) is 9.53. The Balaban J connectivity index is 1.78. The van der Waals surface area contributed by atoms with Gasteiger partial charge in [0.05, 0.1) is 24.1 Å². The number of aliphatic hydroxyl groups excluding tert-OH is 2. The maximum absolute atomic E-state index is 13.3. The number of nitrogens with zero attached hydrogens (tertiary/aromatic N) is 2. The molecule has 1 saturated heterocycles. The number of aliphatic hydroxyl groups is 2. The van der Waals surface area contributed by atoms with Crippen molar-refractivity contribution >= 4 is 40.5 Å². The van der Waals surface area contributed by atoms with Crippen molar-refractivity contribution in [3.8, 4) is 0 Å². The molecule has 2 fully saturated rings. The molecule has 1 heterocycles. The SMILES string of the molecule is NC(=O)[C@@H]1C[C@@H](O)[C@H](O)[C@H]2[C@@H]1N(c1ccc(Cl)cc1)C(=S)N2Cc1ccc(F)cc1. The monoisotopic (exact) mass is 449 g/mol. The first-order chi connectivity index (χ1) is 14.3. The summed E-state index contributed by atoms with van der Waals surface area (Å²) in [6.45, 7) is 0.277. The maximum atomic E-state index is 13.3. The molecule has 30 heavy (non-hydrogen) atoms. The van der Waals surface area contributed by atoms with E-state index in [2.05, 4.69) is 0 Å². The first-order valence-corrected chi connectivity index (χ1v) is 10.3. The van der Waals surface area contributed by atoms with Gasteiger partial charge in [-0.2, -0.15) is 0 Å². The highest BCUT2D eigenvalue weighted by atomic mass is 35.5. The molecule has 0 unspecified atom stereocenters. The van der Waals surface area contributed by atoms with Crippen LogP contribution in [0.15, 0.2) is 48.5 Å². The second kappa shape index (κ2) is 8.11. The number of nitrogens with two attached hydrogens (primary N) is 1. The zero-order valence-corrected chi connectivity index (χ0v) is 17.4. The van der Waals surface area contributed by atoms with Crippen LogP contribution in [0.2, 0.25) is 5.02 Å². The average molecular weight is 450 g/mol. The first kappa shape index (κ1) is 21.0. The zero-order chi connectivity index (χ0) is 21.6.